The lowest BCUT2D eigenvalue weighted by atomic mass is 9.98. The Balaban J connectivity index is 2.46. The number of ether oxygens (including phenoxy) is 1. The number of likely N-dealkylation sites (N-methyl/N-ethyl adjacent to an activating group) is 1. The Morgan fingerprint density at radius 1 is 1.28 bits per heavy atom. The van der Waals surface area contributed by atoms with Gasteiger partial charge in [-0.2, -0.15) is 0 Å². The zero-order chi connectivity index (χ0) is 13.5. The molecule has 1 N–H and O–H groups in total. The topological polar surface area (TPSA) is 32.7 Å². The van der Waals surface area contributed by atoms with Crippen molar-refractivity contribution in [1.82, 2.24) is 4.90 Å². The van der Waals surface area contributed by atoms with Crippen LogP contribution in [-0.2, 0) is 0 Å². The van der Waals surface area contributed by atoms with Crippen molar-refractivity contribution < 1.29 is 9.84 Å². The van der Waals surface area contributed by atoms with Gasteiger partial charge in [0.1, 0.15) is 12.4 Å². The van der Waals surface area contributed by atoms with Gasteiger partial charge in [-0.1, -0.05) is 19.9 Å². The number of nitrogens with zero attached hydrogens (tertiary/aromatic N) is 1. The van der Waals surface area contributed by atoms with Gasteiger partial charge >= 0.3 is 0 Å². The normalized spacial score (nSPS) is 11.3. The van der Waals surface area contributed by atoms with Crippen molar-refractivity contribution in [3.63, 3.8) is 0 Å². The fourth-order valence-electron chi connectivity index (χ4n) is 1.99. The molecule has 0 bridgehead atoms. The van der Waals surface area contributed by atoms with Crippen LogP contribution in [0.25, 0.3) is 0 Å². The summed E-state index contributed by atoms with van der Waals surface area (Å²) in [6.07, 6.45) is 0. The molecular formula is C15H25NO2. The Morgan fingerprint density at radius 2 is 2.00 bits per heavy atom. The highest BCUT2D eigenvalue weighted by Crippen LogP contribution is 2.23. The van der Waals surface area contributed by atoms with Gasteiger partial charge in [-0.3, -0.25) is 0 Å². The molecule has 1 aromatic rings. The van der Waals surface area contributed by atoms with Crippen LogP contribution in [0.15, 0.2) is 18.2 Å². The smallest absolute Gasteiger partial charge is 0.119 e. The Kier molecular flexibility index (Phi) is 6.16. The minimum absolute atomic E-state index is 0.193. The molecule has 0 spiro atoms. The van der Waals surface area contributed by atoms with E-state index in [4.69, 9.17) is 9.84 Å². The Morgan fingerprint density at radius 3 is 2.56 bits per heavy atom. The first-order chi connectivity index (χ1) is 8.54. The van der Waals surface area contributed by atoms with E-state index >= 15 is 0 Å². The van der Waals surface area contributed by atoms with E-state index in [1.807, 2.05) is 13.1 Å². The average molecular weight is 251 g/mol. The van der Waals surface area contributed by atoms with Crippen molar-refractivity contribution >= 4 is 0 Å². The summed E-state index contributed by atoms with van der Waals surface area (Å²) in [5.41, 5.74) is 2.66. The summed E-state index contributed by atoms with van der Waals surface area (Å²) in [5, 5.41) is 8.79. The molecule has 0 atom stereocenters. The van der Waals surface area contributed by atoms with E-state index in [0.29, 0.717) is 19.1 Å². The fourth-order valence-corrected chi connectivity index (χ4v) is 1.99. The molecule has 0 heterocycles. The summed E-state index contributed by atoms with van der Waals surface area (Å²) in [5.74, 6) is 1.48. The quantitative estimate of drug-likeness (QED) is 0.808. The van der Waals surface area contributed by atoms with Gasteiger partial charge in [0.2, 0.25) is 0 Å². The number of aliphatic hydroxyl groups excluding tert-OH is 1. The summed E-state index contributed by atoms with van der Waals surface area (Å²) in [6.45, 7) is 8.88. The molecule has 18 heavy (non-hydrogen) atoms. The molecule has 102 valence electrons. The van der Waals surface area contributed by atoms with Gasteiger partial charge in [-0.05, 0) is 43.1 Å². The van der Waals surface area contributed by atoms with E-state index in [-0.39, 0.29) is 6.61 Å². The molecule has 0 fully saturated rings. The molecule has 0 unspecified atom stereocenters. The molecule has 3 heteroatoms. The third-order valence-corrected chi connectivity index (χ3v) is 3.09. The second-order valence-electron chi connectivity index (χ2n) is 5.05. The SMILES string of the molecule is Cc1cc(OCCN(C)CCO)ccc1C(C)C. The van der Waals surface area contributed by atoms with Crippen LogP contribution in [0, 0.1) is 6.92 Å². The maximum absolute atomic E-state index is 8.79. The molecule has 1 rings (SSSR count). The van der Waals surface area contributed by atoms with Crippen molar-refractivity contribution in [2.75, 3.05) is 33.4 Å². The number of aliphatic hydroxyl groups is 1. The van der Waals surface area contributed by atoms with E-state index < -0.39 is 0 Å². The first-order valence-electron chi connectivity index (χ1n) is 6.57. The molecule has 0 saturated carbocycles. The second kappa shape index (κ2) is 7.39. The van der Waals surface area contributed by atoms with Crippen LogP contribution in [0.1, 0.15) is 30.9 Å². The molecule has 0 radical (unpaired) electrons. The number of aryl methyl sites for hydroxylation is 1. The monoisotopic (exact) mass is 251 g/mol. The zero-order valence-corrected chi connectivity index (χ0v) is 11.9. The lowest BCUT2D eigenvalue weighted by Crippen LogP contribution is -2.27. The van der Waals surface area contributed by atoms with Gasteiger partial charge in [0.05, 0.1) is 6.61 Å². The first kappa shape index (κ1) is 15.0. The van der Waals surface area contributed by atoms with Crippen molar-refractivity contribution in [1.29, 1.82) is 0 Å². The van der Waals surface area contributed by atoms with Gasteiger partial charge < -0.3 is 14.7 Å². The molecule has 0 aliphatic heterocycles. The standard InChI is InChI=1S/C15H25NO2/c1-12(2)15-6-5-14(11-13(15)3)18-10-8-16(4)7-9-17/h5-6,11-12,17H,7-10H2,1-4H3. The van der Waals surface area contributed by atoms with Crippen LogP contribution >= 0.6 is 0 Å². The second-order valence-corrected chi connectivity index (χ2v) is 5.05. The summed E-state index contributed by atoms with van der Waals surface area (Å²) in [7, 11) is 1.98. The number of hydrogen-bond acceptors (Lipinski definition) is 3. The lowest BCUT2D eigenvalue weighted by molar-refractivity contribution is 0.192. The highest BCUT2D eigenvalue weighted by Gasteiger charge is 2.05. The summed E-state index contributed by atoms with van der Waals surface area (Å²) in [6, 6.07) is 6.28. The minimum Gasteiger partial charge on any atom is -0.492 e. The first-order valence-corrected chi connectivity index (χ1v) is 6.57. The minimum atomic E-state index is 0.193. The van der Waals surface area contributed by atoms with E-state index in [2.05, 4.69) is 37.8 Å². The van der Waals surface area contributed by atoms with E-state index in [9.17, 15) is 0 Å². The summed E-state index contributed by atoms with van der Waals surface area (Å²) in [4.78, 5) is 2.05. The Hall–Kier alpha value is -1.06. The largest absolute Gasteiger partial charge is 0.492 e. The van der Waals surface area contributed by atoms with Gasteiger partial charge in [-0.15, -0.1) is 0 Å². The predicted molar refractivity (Wildman–Crippen MR) is 75.3 cm³/mol. The average Bonchev–Trinajstić information content (AvgIpc) is 2.29. The molecule has 0 aromatic heterocycles. The van der Waals surface area contributed by atoms with E-state index in [1.54, 1.807) is 0 Å². The van der Waals surface area contributed by atoms with Crippen molar-refractivity contribution in [2.45, 2.75) is 26.7 Å². The lowest BCUT2D eigenvalue weighted by Gasteiger charge is -2.16. The third-order valence-electron chi connectivity index (χ3n) is 3.09. The predicted octanol–water partition coefficient (Wildman–Crippen LogP) is 2.42. The molecule has 1 aromatic carbocycles. The molecule has 3 nitrogen and oxygen atoms in total. The van der Waals surface area contributed by atoms with E-state index in [0.717, 1.165) is 12.3 Å². The Bertz CT molecular complexity index is 364. The Labute approximate surface area is 110 Å². The van der Waals surface area contributed by atoms with Gasteiger partial charge in [0, 0.05) is 13.1 Å². The third kappa shape index (κ3) is 4.67. The van der Waals surface area contributed by atoms with Crippen molar-refractivity contribution in [3.05, 3.63) is 29.3 Å². The van der Waals surface area contributed by atoms with Crippen LogP contribution in [0.3, 0.4) is 0 Å². The fraction of sp³-hybridized carbons (Fsp3) is 0.600. The van der Waals surface area contributed by atoms with Crippen molar-refractivity contribution in [2.24, 2.45) is 0 Å². The van der Waals surface area contributed by atoms with Crippen molar-refractivity contribution in [3.8, 4) is 5.75 Å². The molecule has 0 amide bonds. The highest BCUT2D eigenvalue weighted by atomic mass is 16.5. The molecule has 0 aliphatic carbocycles. The number of benzene rings is 1. The maximum Gasteiger partial charge on any atom is 0.119 e. The van der Waals surface area contributed by atoms with Gasteiger partial charge in [0.25, 0.3) is 0 Å². The van der Waals surface area contributed by atoms with Gasteiger partial charge in [0.15, 0.2) is 0 Å². The van der Waals surface area contributed by atoms with Crippen LogP contribution in [-0.4, -0.2) is 43.4 Å². The van der Waals surface area contributed by atoms with Crippen LogP contribution in [0.2, 0.25) is 0 Å². The number of hydrogen-bond donors (Lipinski definition) is 1. The number of rotatable bonds is 7. The summed E-state index contributed by atoms with van der Waals surface area (Å²) >= 11 is 0. The highest BCUT2D eigenvalue weighted by molar-refractivity contribution is 5.36. The van der Waals surface area contributed by atoms with Crippen LogP contribution < -0.4 is 4.74 Å². The molecular weight excluding hydrogens is 226 g/mol. The van der Waals surface area contributed by atoms with Gasteiger partial charge in [-0.25, -0.2) is 0 Å². The van der Waals surface area contributed by atoms with Crippen LogP contribution in [0.5, 0.6) is 5.75 Å². The zero-order valence-electron chi connectivity index (χ0n) is 11.9. The van der Waals surface area contributed by atoms with E-state index in [1.165, 1.54) is 11.1 Å². The maximum atomic E-state index is 8.79. The molecule has 0 aliphatic rings. The molecule has 0 saturated heterocycles. The van der Waals surface area contributed by atoms with Crippen LogP contribution in [0.4, 0.5) is 0 Å². The summed E-state index contributed by atoms with van der Waals surface area (Å²) < 4.78 is 5.72.